The van der Waals surface area contributed by atoms with Gasteiger partial charge in [0.25, 0.3) is 5.91 Å². The van der Waals surface area contributed by atoms with Crippen LogP contribution in [0.4, 0.5) is 0 Å². The number of carbonyl (C=O) groups is 1. The Labute approximate surface area is 113 Å². The summed E-state index contributed by atoms with van der Waals surface area (Å²) in [7, 11) is 0. The second-order valence-corrected chi connectivity index (χ2v) is 5.61. The molecule has 0 aliphatic heterocycles. The Morgan fingerprint density at radius 1 is 1.50 bits per heavy atom. The van der Waals surface area contributed by atoms with E-state index in [9.17, 15) is 4.79 Å². The Bertz CT molecular complexity index is 367. The Hall–Kier alpha value is -1.04. The van der Waals surface area contributed by atoms with Gasteiger partial charge in [-0.25, -0.2) is 4.98 Å². The van der Waals surface area contributed by atoms with Crippen LogP contribution >= 0.6 is 11.8 Å². The molecule has 0 saturated heterocycles. The molecule has 0 bridgehead atoms. The highest BCUT2D eigenvalue weighted by Gasteiger charge is 2.14. The standard InChI is InChI=1S/C12H22N4OS/c1-4-6-10-14-11(16-15-10)12(17)13-9(3)7-8-18-5-2/h9H,4-8H2,1-3H3,(H,13,17)(H,14,15,16). The summed E-state index contributed by atoms with van der Waals surface area (Å²) in [5, 5.41) is 9.63. The van der Waals surface area contributed by atoms with Gasteiger partial charge in [0.2, 0.25) is 5.82 Å². The zero-order chi connectivity index (χ0) is 13.4. The number of hydrogen-bond acceptors (Lipinski definition) is 4. The molecule has 0 fully saturated rings. The molecule has 0 aliphatic rings. The summed E-state index contributed by atoms with van der Waals surface area (Å²) in [5.74, 6) is 3.00. The molecule has 102 valence electrons. The molecule has 1 unspecified atom stereocenters. The molecule has 0 spiro atoms. The van der Waals surface area contributed by atoms with E-state index in [1.54, 1.807) is 0 Å². The van der Waals surface area contributed by atoms with E-state index in [1.165, 1.54) is 0 Å². The largest absolute Gasteiger partial charge is 0.347 e. The van der Waals surface area contributed by atoms with Gasteiger partial charge in [-0.3, -0.25) is 9.89 Å². The van der Waals surface area contributed by atoms with Crippen LogP contribution in [0.1, 0.15) is 50.1 Å². The predicted molar refractivity (Wildman–Crippen MR) is 74.9 cm³/mol. The third-order valence-electron chi connectivity index (χ3n) is 2.50. The van der Waals surface area contributed by atoms with Crippen molar-refractivity contribution in [3.05, 3.63) is 11.6 Å². The minimum absolute atomic E-state index is 0.157. The van der Waals surface area contributed by atoms with Crippen LogP contribution in [0.3, 0.4) is 0 Å². The van der Waals surface area contributed by atoms with E-state index in [2.05, 4.69) is 34.3 Å². The van der Waals surface area contributed by atoms with Crippen molar-refractivity contribution in [1.82, 2.24) is 20.5 Å². The van der Waals surface area contributed by atoms with E-state index >= 15 is 0 Å². The van der Waals surface area contributed by atoms with Gasteiger partial charge in [0, 0.05) is 12.5 Å². The molecule has 6 heteroatoms. The van der Waals surface area contributed by atoms with Crippen LogP contribution in [0, 0.1) is 0 Å². The summed E-state index contributed by atoms with van der Waals surface area (Å²) in [6.07, 6.45) is 2.78. The lowest BCUT2D eigenvalue weighted by molar-refractivity contribution is 0.0929. The van der Waals surface area contributed by atoms with Gasteiger partial charge in [0.05, 0.1) is 0 Å². The van der Waals surface area contributed by atoms with Crippen molar-refractivity contribution in [2.75, 3.05) is 11.5 Å². The van der Waals surface area contributed by atoms with Crippen LogP contribution in [0.2, 0.25) is 0 Å². The van der Waals surface area contributed by atoms with Gasteiger partial charge in [-0.05, 0) is 31.3 Å². The molecular weight excluding hydrogens is 248 g/mol. The van der Waals surface area contributed by atoms with Crippen LogP contribution in [-0.4, -0.2) is 38.6 Å². The number of thioether (sulfide) groups is 1. The van der Waals surface area contributed by atoms with Crippen molar-refractivity contribution in [2.45, 2.75) is 46.1 Å². The first-order valence-electron chi connectivity index (χ1n) is 6.47. The van der Waals surface area contributed by atoms with Crippen molar-refractivity contribution in [2.24, 2.45) is 0 Å². The minimum atomic E-state index is -0.192. The lowest BCUT2D eigenvalue weighted by Crippen LogP contribution is -2.33. The third-order valence-corrected chi connectivity index (χ3v) is 3.43. The molecule has 2 N–H and O–H groups in total. The SMILES string of the molecule is CCCc1nc(C(=O)NC(C)CCSCC)n[nH]1. The van der Waals surface area contributed by atoms with E-state index < -0.39 is 0 Å². The minimum Gasteiger partial charge on any atom is -0.347 e. The monoisotopic (exact) mass is 270 g/mol. The fourth-order valence-corrected chi connectivity index (χ4v) is 2.32. The number of nitrogens with zero attached hydrogens (tertiary/aromatic N) is 2. The number of amides is 1. The quantitative estimate of drug-likeness (QED) is 0.709. The average Bonchev–Trinajstić information content (AvgIpc) is 2.78. The smallest absolute Gasteiger partial charge is 0.291 e. The number of rotatable bonds is 8. The molecule has 1 rings (SSSR count). The van der Waals surface area contributed by atoms with Gasteiger partial charge in [-0.15, -0.1) is 5.10 Å². The second-order valence-electron chi connectivity index (χ2n) is 4.22. The summed E-state index contributed by atoms with van der Waals surface area (Å²) < 4.78 is 0. The summed E-state index contributed by atoms with van der Waals surface area (Å²) in [4.78, 5) is 16.0. The van der Waals surface area contributed by atoms with Crippen LogP contribution in [-0.2, 0) is 6.42 Å². The molecule has 0 aliphatic carbocycles. The Morgan fingerprint density at radius 2 is 2.28 bits per heavy atom. The number of hydrogen-bond donors (Lipinski definition) is 2. The molecule has 0 radical (unpaired) electrons. The zero-order valence-electron chi connectivity index (χ0n) is 11.3. The molecule has 1 atom stereocenters. The fraction of sp³-hybridized carbons (Fsp3) is 0.750. The summed E-state index contributed by atoms with van der Waals surface area (Å²) >= 11 is 1.88. The van der Waals surface area contributed by atoms with Crippen molar-refractivity contribution in [1.29, 1.82) is 0 Å². The van der Waals surface area contributed by atoms with Crippen molar-refractivity contribution in [3.8, 4) is 0 Å². The van der Waals surface area contributed by atoms with Gasteiger partial charge in [0.1, 0.15) is 5.82 Å². The second kappa shape index (κ2) is 8.13. The van der Waals surface area contributed by atoms with Crippen molar-refractivity contribution >= 4 is 17.7 Å². The maximum absolute atomic E-state index is 11.8. The van der Waals surface area contributed by atoms with Crippen LogP contribution in [0.15, 0.2) is 0 Å². The zero-order valence-corrected chi connectivity index (χ0v) is 12.1. The fourth-order valence-electron chi connectivity index (χ4n) is 1.51. The Kier molecular flexibility index (Phi) is 6.78. The molecule has 0 saturated carbocycles. The lowest BCUT2D eigenvalue weighted by atomic mass is 10.2. The first-order valence-corrected chi connectivity index (χ1v) is 7.62. The van der Waals surface area contributed by atoms with E-state index in [0.717, 1.165) is 36.6 Å². The van der Waals surface area contributed by atoms with Gasteiger partial charge < -0.3 is 5.32 Å². The van der Waals surface area contributed by atoms with Crippen molar-refractivity contribution < 1.29 is 4.79 Å². The normalized spacial score (nSPS) is 12.4. The van der Waals surface area contributed by atoms with Gasteiger partial charge in [0.15, 0.2) is 0 Å². The maximum Gasteiger partial charge on any atom is 0.291 e. The maximum atomic E-state index is 11.8. The van der Waals surface area contributed by atoms with E-state index in [0.29, 0.717) is 0 Å². The average molecular weight is 270 g/mol. The summed E-state index contributed by atoms with van der Waals surface area (Å²) in [5.41, 5.74) is 0. The van der Waals surface area contributed by atoms with Gasteiger partial charge >= 0.3 is 0 Å². The van der Waals surface area contributed by atoms with Crippen LogP contribution in [0.5, 0.6) is 0 Å². The number of aryl methyl sites for hydroxylation is 1. The molecule has 18 heavy (non-hydrogen) atoms. The summed E-state index contributed by atoms with van der Waals surface area (Å²) in [6, 6.07) is 0.157. The van der Waals surface area contributed by atoms with E-state index in [4.69, 9.17) is 0 Å². The Morgan fingerprint density at radius 3 is 2.94 bits per heavy atom. The van der Waals surface area contributed by atoms with Crippen molar-refractivity contribution in [3.63, 3.8) is 0 Å². The lowest BCUT2D eigenvalue weighted by Gasteiger charge is -2.11. The molecule has 1 aromatic rings. The number of carbonyl (C=O) groups excluding carboxylic acids is 1. The molecule has 5 nitrogen and oxygen atoms in total. The highest BCUT2D eigenvalue weighted by atomic mass is 32.2. The highest BCUT2D eigenvalue weighted by Crippen LogP contribution is 2.04. The number of H-pyrrole nitrogens is 1. The molecular formula is C12H22N4OS. The topological polar surface area (TPSA) is 70.7 Å². The molecule has 1 amide bonds. The van der Waals surface area contributed by atoms with E-state index in [-0.39, 0.29) is 17.8 Å². The number of aromatic amines is 1. The highest BCUT2D eigenvalue weighted by molar-refractivity contribution is 7.99. The van der Waals surface area contributed by atoms with Gasteiger partial charge in [-0.1, -0.05) is 13.8 Å². The van der Waals surface area contributed by atoms with E-state index in [1.807, 2.05) is 18.7 Å². The molecule has 1 heterocycles. The van der Waals surface area contributed by atoms with Gasteiger partial charge in [-0.2, -0.15) is 11.8 Å². The molecule has 1 aromatic heterocycles. The van der Waals surface area contributed by atoms with Crippen LogP contribution in [0.25, 0.3) is 0 Å². The summed E-state index contributed by atoms with van der Waals surface area (Å²) in [6.45, 7) is 6.21. The number of aromatic nitrogens is 3. The number of nitrogens with one attached hydrogen (secondary N) is 2. The molecule has 0 aromatic carbocycles. The first kappa shape index (κ1) is 15.0. The first-order chi connectivity index (χ1) is 8.67. The third kappa shape index (κ3) is 5.08. The predicted octanol–water partition coefficient (Wildman–Crippen LogP) is 2.02. The van der Waals surface area contributed by atoms with Crippen LogP contribution < -0.4 is 5.32 Å². The Balaban J connectivity index is 2.38.